The molecule has 1 aliphatic heterocycles. The quantitative estimate of drug-likeness (QED) is 0.679. The summed E-state index contributed by atoms with van der Waals surface area (Å²) in [6.45, 7) is 6.87. The number of hydrogen-bond donors (Lipinski definition) is 0. The molecule has 0 aromatic heterocycles. The molecule has 0 saturated carbocycles. The average molecular weight is 276 g/mol. The minimum Gasteiger partial charge on any atom is -0.453 e. The molecule has 2 atom stereocenters. The summed E-state index contributed by atoms with van der Waals surface area (Å²) >= 11 is 0. The summed E-state index contributed by atoms with van der Waals surface area (Å²) in [6.07, 6.45) is 2.13. The van der Waals surface area contributed by atoms with E-state index in [9.17, 15) is 14.9 Å². The van der Waals surface area contributed by atoms with E-state index < -0.39 is 5.41 Å². The second-order valence-corrected chi connectivity index (χ2v) is 6.46. The number of piperidine rings is 1. The number of allylic oxidation sites excluding steroid dienone is 1. The zero-order chi connectivity index (χ0) is 15.1. The third-order valence-electron chi connectivity index (χ3n) is 4.74. The van der Waals surface area contributed by atoms with Crippen LogP contribution in [0.3, 0.4) is 0 Å². The fraction of sp³-hybridized carbons (Fsp3) is 0.667. The maximum atomic E-state index is 12.4. The van der Waals surface area contributed by atoms with Crippen molar-refractivity contribution in [2.24, 2.45) is 16.7 Å². The molecule has 2 rings (SSSR count). The van der Waals surface area contributed by atoms with Crippen molar-refractivity contribution in [1.29, 1.82) is 5.26 Å². The number of carbonyl (C=O) groups excluding carboxylic acids is 2. The number of methoxy groups -OCH3 is 1. The number of ketones is 1. The normalized spacial score (nSPS) is 31.9. The van der Waals surface area contributed by atoms with Crippen molar-refractivity contribution in [1.82, 2.24) is 4.90 Å². The zero-order valence-electron chi connectivity index (χ0n) is 12.4. The number of hydrogen-bond acceptors (Lipinski definition) is 4. The zero-order valence-corrected chi connectivity index (χ0v) is 12.4. The van der Waals surface area contributed by atoms with Gasteiger partial charge in [0.2, 0.25) is 0 Å². The highest BCUT2D eigenvalue weighted by molar-refractivity contribution is 6.04. The van der Waals surface area contributed by atoms with Gasteiger partial charge in [0.1, 0.15) is 6.07 Å². The van der Waals surface area contributed by atoms with Gasteiger partial charge in [-0.2, -0.15) is 5.26 Å². The lowest BCUT2D eigenvalue weighted by Gasteiger charge is -2.52. The summed E-state index contributed by atoms with van der Waals surface area (Å²) in [5, 5.41) is 9.18. The fourth-order valence-electron chi connectivity index (χ4n) is 3.82. The molecular formula is C15H20N2O3. The van der Waals surface area contributed by atoms with Gasteiger partial charge in [0.15, 0.2) is 5.78 Å². The number of amides is 1. The van der Waals surface area contributed by atoms with Gasteiger partial charge in [-0.25, -0.2) is 4.79 Å². The van der Waals surface area contributed by atoms with Crippen LogP contribution in [0.5, 0.6) is 0 Å². The van der Waals surface area contributed by atoms with E-state index in [1.807, 2.05) is 26.8 Å². The Balaban J connectivity index is 2.42. The molecule has 1 fully saturated rings. The standard InChI is InChI=1S/C15H20N2O3/c1-14(2)11-5-6-17(13(19)20-4)9-15(11,3)7-10(8-16)12(14)18/h7,11H,5-6,9H2,1-4H3/t11?,15-/m0/s1. The van der Waals surface area contributed by atoms with E-state index in [1.54, 1.807) is 11.0 Å². The van der Waals surface area contributed by atoms with Crippen molar-refractivity contribution in [3.8, 4) is 6.07 Å². The fourth-order valence-corrected chi connectivity index (χ4v) is 3.82. The number of fused-ring (bicyclic) bond motifs is 1. The van der Waals surface area contributed by atoms with Crippen molar-refractivity contribution in [3.05, 3.63) is 11.6 Å². The van der Waals surface area contributed by atoms with Crippen LogP contribution < -0.4 is 0 Å². The first kappa shape index (κ1) is 14.6. The monoisotopic (exact) mass is 276 g/mol. The molecule has 108 valence electrons. The molecular weight excluding hydrogens is 256 g/mol. The van der Waals surface area contributed by atoms with Gasteiger partial charge in [-0.15, -0.1) is 0 Å². The molecule has 20 heavy (non-hydrogen) atoms. The van der Waals surface area contributed by atoms with E-state index in [0.29, 0.717) is 13.1 Å². The van der Waals surface area contributed by atoms with E-state index in [-0.39, 0.29) is 28.8 Å². The topological polar surface area (TPSA) is 70.4 Å². The lowest BCUT2D eigenvalue weighted by Crippen LogP contribution is -2.56. The van der Waals surface area contributed by atoms with Crippen LogP contribution in [0.25, 0.3) is 0 Å². The van der Waals surface area contributed by atoms with Crippen molar-refractivity contribution in [3.63, 3.8) is 0 Å². The van der Waals surface area contributed by atoms with Gasteiger partial charge < -0.3 is 9.64 Å². The molecule has 0 bridgehead atoms. The summed E-state index contributed by atoms with van der Waals surface area (Å²) in [7, 11) is 1.36. The highest BCUT2D eigenvalue weighted by Gasteiger charge is 2.53. The van der Waals surface area contributed by atoms with E-state index in [4.69, 9.17) is 4.74 Å². The molecule has 1 amide bonds. The summed E-state index contributed by atoms with van der Waals surface area (Å²) < 4.78 is 4.78. The number of likely N-dealkylation sites (tertiary alicyclic amines) is 1. The van der Waals surface area contributed by atoms with Crippen LogP contribution in [-0.2, 0) is 9.53 Å². The van der Waals surface area contributed by atoms with E-state index in [0.717, 1.165) is 6.42 Å². The summed E-state index contributed by atoms with van der Waals surface area (Å²) in [5.74, 6) is 0.0366. The summed E-state index contributed by atoms with van der Waals surface area (Å²) in [4.78, 5) is 25.7. The van der Waals surface area contributed by atoms with Crippen LogP contribution in [-0.4, -0.2) is 37.0 Å². The molecule has 0 spiro atoms. The Bertz CT molecular complexity index is 530. The van der Waals surface area contributed by atoms with Crippen LogP contribution in [0.2, 0.25) is 0 Å². The average Bonchev–Trinajstić information content (AvgIpc) is 2.41. The minimum absolute atomic E-state index is 0.0889. The third-order valence-corrected chi connectivity index (χ3v) is 4.74. The molecule has 0 aromatic carbocycles. The maximum Gasteiger partial charge on any atom is 0.409 e. The van der Waals surface area contributed by atoms with E-state index >= 15 is 0 Å². The molecule has 0 radical (unpaired) electrons. The van der Waals surface area contributed by atoms with Gasteiger partial charge in [-0.1, -0.05) is 26.8 Å². The molecule has 0 aromatic rings. The van der Waals surface area contributed by atoms with E-state index in [2.05, 4.69) is 0 Å². The molecule has 2 aliphatic rings. The van der Waals surface area contributed by atoms with Crippen molar-refractivity contribution < 1.29 is 14.3 Å². The smallest absolute Gasteiger partial charge is 0.409 e. The second-order valence-electron chi connectivity index (χ2n) is 6.46. The Hall–Kier alpha value is -1.83. The van der Waals surface area contributed by atoms with Crippen molar-refractivity contribution in [2.45, 2.75) is 27.2 Å². The van der Waals surface area contributed by atoms with Crippen LogP contribution in [0.1, 0.15) is 27.2 Å². The number of carbonyl (C=O) groups is 2. The molecule has 1 saturated heterocycles. The highest BCUT2D eigenvalue weighted by atomic mass is 16.5. The first-order chi connectivity index (χ1) is 9.26. The first-order valence-corrected chi connectivity index (χ1v) is 6.77. The number of Topliss-reactive ketones (excluding diaryl/α,β-unsaturated/α-hetero) is 1. The third kappa shape index (κ3) is 2.00. The largest absolute Gasteiger partial charge is 0.453 e. The highest BCUT2D eigenvalue weighted by Crippen LogP contribution is 2.51. The Labute approximate surface area is 119 Å². The van der Waals surface area contributed by atoms with Gasteiger partial charge in [-0.05, 0) is 12.3 Å². The predicted octanol–water partition coefficient (Wildman–Crippen LogP) is 2.14. The van der Waals surface area contributed by atoms with Crippen molar-refractivity contribution in [2.75, 3.05) is 20.2 Å². The van der Waals surface area contributed by atoms with Gasteiger partial charge in [0.25, 0.3) is 0 Å². The van der Waals surface area contributed by atoms with Crippen LogP contribution in [0.4, 0.5) is 4.79 Å². The van der Waals surface area contributed by atoms with Gasteiger partial charge in [0, 0.05) is 23.9 Å². The van der Waals surface area contributed by atoms with Gasteiger partial charge >= 0.3 is 6.09 Å². The second kappa shape index (κ2) is 4.62. The number of ether oxygens (including phenoxy) is 1. The molecule has 1 heterocycles. The summed E-state index contributed by atoms with van der Waals surface area (Å²) in [6, 6.07) is 2.00. The maximum absolute atomic E-state index is 12.4. The predicted molar refractivity (Wildman–Crippen MR) is 72.7 cm³/mol. The van der Waals surface area contributed by atoms with Crippen molar-refractivity contribution >= 4 is 11.9 Å². The lowest BCUT2D eigenvalue weighted by atomic mass is 9.55. The van der Waals surface area contributed by atoms with Crippen LogP contribution >= 0.6 is 0 Å². The minimum atomic E-state index is -0.573. The SMILES string of the molecule is COC(=O)N1CCC2C(C)(C)C(=O)C(C#N)=C[C@@]2(C)C1. The Morgan fingerprint density at radius 3 is 2.70 bits per heavy atom. The number of nitriles is 1. The molecule has 5 heteroatoms. The molecule has 1 unspecified atom stereocenters. The molecule has 1 aliphatic carbocycles. The first-order valence-electron chi connectivity index (χ1n) is 6.77. The molecule has 0 N–H and O–H groups in total. The lowest BCUT2D eigenvalue weighted by molar-refractivity contribution is -0.131. The van der Waals surface area contributed by atoms with Gasteiger partial charge in [0.05, 0.1) is 12.7 Å². The Kier molecular flexibility index (Phi) is 3.37. The van der Waals surface area contributed by atoms with E-state index in [1.165, 1.54) is 7.11 Å². The Morgan fingerprint density at radius 1 is 1.50 bits per heavy atom. The number of nitrogens with zero attached hydrogens (tertiary/aromatic N) is 2. The summed E-state index contributed by atoms with van der Waals surface area (Å²) in [5.41, 5.74) is -0.730. The molecule has 5 nitrogen and oxygen atoms in total. The number of rotatable bonds is 0. The Morgan fingerprint density at radius 2 is 2.15 bits per heavy atom. The van der Waals surface area contributed by atoms with Gasteiger partial charge in [-0.3, -0.25) is 4.79 Å². The van der Waals surface area contributed by atoms with Crippen LogP contribution in [0, 0.1) is 28.1 Å². The van der Waals surface area contributed by atoms with Crippen LogP contribution in [0.15, 0.2) is 11.6 Å².